The highest BCUT2D eigenvalue weighted by Gasteiger charge is 1.90. The molecule has 0 aliphatic rings. The second-order valence-corrected chi connectivity index (χ2v) is 3.76. The van der Waals surface area contributed by atoms with Gasteiger partial charge >= 0.3 is 0 Å². The molecule has 0 atom stereocenters. The van der Waals surface area contributed by atoms with E-state index in [1.54, 1.807) is 6.92 Å². The van der Waals surface area contributed by atoms with Crippen molar-refractivity contribution >= 4 is 5.78 Å². The Morgan fingerprint density at radius 2 is 1.93 bits per heavy atom. The molecule has 0 saturated heterocycles. The van der Waals surface area contributed by atoms with E-state index in [4.69, 9.17) is 0 Å². The van der Waals surface area contributed by atoms with Crippen LogP contribution in [0.1, 0.15) is 31.7 Å². The molecule has 1 rings (SSSR count). The van der Waals surface area contributed by atoms with Crippen molar-refractivity contribution in [3.63, 3.8) is 0 Å². The zero-order valence-electron chi connectivity index (χ0n) is 9.28. The number of hydrogen-bond donors (Lipinski definition) is 0. The van der Waals surface area contributed by atoms with Gasteiger partial charge in [-0.3, -0.25) is 0 Å². The summed E-state index contributed by atoms with van der Waals surface area (Å²) in [5.74, 6) is 0.284. The molecule has 0 aliphatic carbocycles. The Balaban J connectivity index is 2.15. The van der Waals surface area contributed by atoms with E-state index in [2.05, 4.69) is 36.4 Å². The summed E-state index contributed by atoms with van der Waals surface area (Å²) < 4.78 is 0. The summed E-state index contributed by atoms with van der Waals surface area (Å²) in [5.41, 5.74) is 1.33. The van der Waals surface area contributed by atoms with Gasteiger partial charge < -0.3 is 4.79 Å². The second-order valence-electron chi connectivity index (χ2n) is 3.76. The van der Waals surface area contributed by atoms with Crippen molar-refractivity contribution in [2.24, 2.45) is 0 Å². The second kappa shape index (κ2) is 6.99. The number of Topliss-reactive ketones (excluding diaryl/α,β-unsaturated/α-hetero) is 1. The van der Waals surface area contributed by atoms with Crippen molar-refractivity contribution in [3.05, 3.63) is 48.0 Å². The molecule has 0 amide bonds. The Morgan fingerprint density at radius 3 is 2.60 bits per heavy atom. The monoisotopic (exact) mass is 202 g/mol. The molecule has 0 saturated carbocycles. The predicted octanol–water partition coefficient (Wildman–Crippen LogP) is 3.54. The average Bonchev–Trinajstić information content (AvgIpc) is 2.24. The molecule has 1 aromatic carbocycles. The highest BCUT2D eigenvalue weighted by atomic mass is 16.1. The Morgan fingerprint density at radius 1 is 1.20 bits per heavy atom. The van der Waals surface area contributed by atoms with E-state index in [9.17, 15) is 4.79 Å². The summed E-state index contributed by atoms with van der Waals surface area (Å²) >= 11 is 0. The third kappa shape index (κ3) is 5.84. The van der Waals surface area contributed by atoms with Crippen LogP contribution >= 0.6 is 0 Å². The third-order valence-corrected chi connectivity index (χ3v) is 2.26. The van der Waals surface area contributed by atoms with Crippen LogP contribution in [0.4, 0.5) is 0 Å². The molecule has 0 N–H and O–H groups in total. The smallest absolute Gasteiger partial charge is 0.129 e. The molecule has 1 nitrogen and oxygen atoms in total. The standard InChI is InChI=1S/C14H18O/c1-13(15)9-5-2-3-6-10-14-11-7-4-8-12-14/h3-4,6-8,11-12H,2,5,9-10H2,1H3/b6-3+. The van der Waals surface area contributed by atoms with Crippen LogP contribution in [0.5, 0.6) is 0 Å². The van der Waals surface area contributed by atoms with Crippen molar-refractivity contribution in [1.29, 1.82) is 0 Å². The van der Waals surface area contributed by atoms with Crippen LogP contribution in [-0.4, -0.2) is 5.78 Å². The highest BCUT2D eigenvalue weighted by molar-refractivity contribution is 5.75. The minimum atomic E-state index is 0.284. The molecule has 0 bridgehead atoms. The Kier molecular flexibility index (Phi) is 5.46. The lowest BCUT2D eigenvalue weighted by molar-refractivity contribution is -0.117. The van der Waals surface area contributed by atoms with Gasteiger partial charge in [0.2, 0.25) is 0 Å². The molecule has 1 heteroatoms. The lowest BCUT2D eigenvalue weighted by atomic mass is 10.1. The maximum atomic E-state index is 10.7. The van der Waals surface area contributed by atoms with Crippen LogP contribution in [0.15, 0.2) is 42.5 Å². The van der Waals surface area contributed by atoms with Gasteiger partial charge in [0, 0.05) is 6.42 Å². The van der Waals surface area contributed by atoms with Gasteiger partial charge in [0.05, 0.1) is 0 Å². The summed E-state index contributed by atoms with van der Waals surface area (Å²) in [7, 11) is 0. The third-order valence-electron chi connectivity index (χ3n) is 2.26. The molecular weight excluding hydrogens is 184 g/mol. The Bertz CT molecular complexity index is 311. The molecule has 0 fully saturated rings. The maximum absolute atomic E-state index is 10.7. The predicted molar refractivity (Wildman–Crippen MR) is 63.8 cm³/mol. The van der Waals surface area contributed by atoms with E-state index < -0.39 is 0 Å². The van der Waals surface area contributed by atoms with Gasteiger partial charge in [-0.05, 0) is 31.7 Å². The number of benzene rings is 1. The van der Waals surface area contributed by atoms with E-state index in [0.717, 1.165) is 19.3 Å². The summed E-state index contributed by atoms with van der Waals surface area (Å²) in [6.07, 6.45) is 8.01. The van der Waals surface area contributed by atoms with Crippen LogP contribution in [0, 0.1) is 0 Å². The Hall–Kier alpha value is -1.37. The van der Waals surface area contributed by atoms with Gasteiger partial charge in [0.15, 0.2) is 0 Å². The number of unbranched alkanes of at least 4 members (excludes halogenated alkanes) is 1. The first-order valence-corrected chi connectivity index (χ1v) is 5.47. The number of rotatable bonds is 6. The van der Waals surface area contributed by atoms with E-state index in [-0.39, 0.29) is 5.78 Å². The highest BCUT2D eigenvalue weighted by Crippen LogP contribution is 2.02. The van der Waals surface area contributed by atoms with Crippen LogP contribution in [-0.2, 0) is 11.2 Å². The zero-order chi connectivity index (χ0) is 10.9. The number of hydrogen-bond acceptors (Lipinski definition) is 1. The van der Waals surface area contributed by atoms with Crippen molar-refractivity contribution in [2.45, 2.75) is 32.6 Å². The summed E-state index contributed by atoms with van der Waals surface area (Å²) in [6, 6.07) is 10.4. The fraction of sp³-hybridized carbons (Fsp3) is 0.357. The van der Waals surface area contributed by atoms with Crippen LogP contribution < -0.4 is 0 Å². The van der Waals surface area contributed by atoms with E-state index in [0.29, 0.717) is 6.42 Å². The molecule has 15 heavy (non-hydrogen) atoms. The molecule has 0 radical (unpaired) electrons. The van der Waals surface area contributed by atoms with Gasteiger partial charge in [-0.2, -0.15) is 0 Å². The van der Waals surface area contributed by atoms with Crippen molar-refractivity contribution in [3.8, 4) is 0 Å². The van der Waals surface area contributed by atoms with Gasteiger partial charge in [0.25, 0.3) is 0 Å². The lowest BCUT2D eigenvalue weighted by Gasteiger charge is -1.94. The van der Waals surface area contributed by atoms with Crippen LogP contribution in [0.2, 0.25) is 0 Å². The molecule has 0 heterocycles. The van der Waals surface area contributed by atoms with E-state index in [1.165, 1.54) is 5.56 Å². The SMILES string of the molecule is CC(=O)CCC/C=C/Cc1ccccc1. The average molecular weight is 202 g/mol. The van der Waals surface area contributed by atoms with E-state index in [1.807, 2.05) is 6.07 Å². The van der Waals surface area contributed by atoms with Crippen LogP contribution in [0.25, 0.3) is 0 Å². The number of ketones is 1. The summed E-state index contributed by atoms with van der Waals surface area (Å²) in [5, 5.41) is 0. The normalized spacial score (nSPS) is 10.7. The largest absolute Gasteiger partial charge is 0.300 e. The quantitative estimate of drug-likeness (QED) is 0.509. The molecule has 0 spiro atoms. The molecular formula is C14H18O. The maximum Gasteiger partial charge on any atom is 0.129 e. The minimum Gasteiger partial charge on any atom is -0.300 e. The number of carbonyl (C=O) groups is 1. The first-order chi connectivity index (χ1) is 7.29. The first kappa shape index (κ1) is 11.7. The lowest BCUT2D eigenvalue weighted by Crippen LogP contribution is -1.87. The van der Waals surface area contributed by atoms with Gasteiger partial charge in [0.1, 0.15) is 5.78 Å². The first-order valence-electron chi connectivity index (χ1n) is 5.47. The molecule has 0 aromatic heterocycles. The van der Waals surface area contributed by atoms with E-state index >= 15 is 0 Å². The summed E-state index contributed by atoms with van der Waals surface area (Å²) in [4.78, 5) is 10.7. The zero-order valence-corrected chi connectivity index (χ0v) is 9.28. The summed E-state index contributed by atoms with van der Waals surface area (Å²) in [6.45, 7) is 1.65. The topological polar surface area (TPSA) is 17.1 Å². The van der Waals surface area contributed by atoms with Gasteiger partial charge in [-0.25, -0.2) is 0 Å². The van der Waals surface area contributed by atoms with Crippen molar-refractivity contribution < 1.29 is 4.79 Å². The fourth-order valence-corrected chi connectivity index (χ4v) is 1.42. The number of allylic oxidation sites excluding steroid dienone is 2. The van der Waals surface area contributed by atoms with Crippen molar-refractivity contribution in [2.75, 3.05) is 0 Å². The minimum absolute atomic E-state index is 0.284. The molecule has 0 aliphatic heterocycles. The van der Waals surface area contributed by atoms with Gasteiger partial charge in [-0.15, -0.1) is 0 Å². The van der Waals surface area contributed by atoms with Crippen LogP contribution in [0.3, 0.4) is 0 Å². The van der Waals surface area contributed by atoms with Crippen molar-refractivity contribution in [1.82, 2.24) is 0 Å². The number of carbonyl (C=O) groups excluding carboxylic acids is 1. The molecule has 1 aromatic rings. The molecule has 80 valence electrons. The van der Waals surface area contributed by atoms with Gasteiger partial charge in [-0.1, -0.05) is 42.5 Å². The fourth-order valence-electron chi connectivity index (χ4n) is 1.42. The Labute approximate surface area is 91.8 Å². The molecule has 0 unspecified atom stereocenters.